The van der Waals surface area contributed by atoms with Crippen LogP contribution in [0, 0.1) is 13.8 Å². The molecule has 0 aliphatic heterocycles. The average Bonchev–Trinajstić information content (AvgIpc) is 2.93. The second-order valence-electron chi connectivity index (χ2n) is 8.86. The minimum atomic E-state index is -0.433. The Labute approximate surface area is 220 Å². The van der Waals surface area contributed by atoms with E-state index in [9.17, 15) is 9.59 Å². The molecule has 5 nitrogen and oxygen atoms in total. The van der Waals surface area contributed by atoms with Crippen molar-refractivity contribution in [2.45, 2.75) is 52.7 Å². The first-order chi connectivity index (χ1) is 17.8. The third-order valence-corrected chi connectivity index (χ3v) is 6.39. The summed E-state index contributed by atoms with van der Waals surface area (Å²) >= 11 is 0. The van der Waals surface area contributed by atoms with Crippen molar-refractivity contribution in [2.24, 2.45) is 0 Å². The number of benzene rings is 3. The standard InChI is InChI=1S/C32H35NO4/c1-7-29(36-31(34)9-3)24-12-17-26(18-13-24)33(28-16-11-22(5)23(6)21-28)27-19-14-25(15-20-27)30(8-2)37-32(35)10-4/h9-21,29-30H,3-4,7-8H2,1-2,5-6H3. The Kier molecular flexibility index (Phi) is 9.45. The predicted molar refractivity (Wildman–Crippen MR) is 149 cm³/mol. The number of carbonyl (C=O) groups is 2. The van der Waals surface area contributed by atoms with Crippen LogP contribution in [0.15, 0.2) is 92.0 Å². The second kappa shape index (κ2) is 12.7. The van der Waals surface area contributed by atoms with Gasteiger partial charge in [0.1, 0.15) is 12.2 Å². The van der Waals surface area contributed by atoms with E-state index in [1.54, 1.807) is 0 Å². The van der Waals surface area contributed by atoms with E-state index >= 15 is 0 Å². The smallest absolute Gasteiger partial charge is 0.330 e. The third kappa shape index (κ3) is 6.76. The molecule has 0 N–H and O–H groups in total. The molecule has 0 amide bonds. The molecule has 0 saturated carbocycles. The van der Waals surface area contributed by atoms with E-state index in [1.807, 2.05) is 62.4 Å². The number of hydrogen-bond donors (Lipinski definition) is 0. The third-order valence-electron chi connectivity index (χ3n) is 6.39. The van der Waals surface area contributed by atoms with Crippen molar-refractivity contribution in [1.82, 2.24) is 0 Å². The lowest BCUT2D eigenvalue weighted by atomic mass is 10.0. The van der Waals surface area contributed by atoms with E-state index < -0.39 is 11.9 Å². The molecule has 0 aromatic heterocycles. The Morgan fingerprint density at radius 3 is 1.46 bits per heavy atom. The van der Waals surface area contributed by atoms with Gasteiger partial charge in [0.05, 0.1) is 0 Å². The fourth-order valence-corrected chi connectivity index (χ4v) is 4.14. The Hall–Kier alpha value is -4.12. The Bertz CT molecular complexity index is 1170. The number of esters is 2. The first-order valence-electron chi connectivity index (χ1n) is 12.5. The molecule has 0 heterocycles. The molecular formula is C32H35NO4. The van der Waals surface area contributed by atoms with Gasteiger partial charge in [-0.2, -0.15) is 0 Å². The minimum absolute atomic E-state index is 0.335. The van der Waals surface area contributed by atoms with E-state index in [1.165, 1.54) is 23.3 Å². The molecule has 3 rings (SSSR count). The van der Waals surface area contributed by atoms with Gasteiger partial charge in [-0.1, -0.05) is 57.3 Å². The Morgan fingerprint density at radius 1 is 0.703 bits per heavy atom. The quantitative estimate of drug-likeness (QED) is 0.198. The molecule has 0 aliphatic rings. The average molecular weight is 498 g/mol. The highest BCUT2D eigenvalue weighted by Gasteiger charge is 2.18. The first kappa shape index (κ1) is 27.5. The molecule has 0 bridgehead atoms. The van der Waals surface area contributed by atoms with Crippen molar-refractivity contribution in [3.63, 3.8) is 0 Å². The zero-order valence-electron chi connectivity index (χ0n) is 22.1. The maximum atomic E-state index is 11.8. The summed E-state index contributed by atoms with van der Waals surface area (Å²) in [5, 5.41) is 0. The molecule has 37 heavy (non-hydrogen) atoms. The maximum Gasteiger partial charge on any atom is 0.330 e. The normalized spacial score (nSPS) is 12.2. The molecule has 0 radical (unpaired) electrons. The molecule has 2 atom stereocenters. The molecule has 0 spiro atoms. The highest BCUT2D eigenvalue weighted by molar-refractivity contribution is 5.82. The summed E-state index contributed by atoms with van der Waals surface area (Å²) in [5.74, 6) is -0.867. The summed E-state index contributed by atoms with van der Waals surface area (Å²) in [6.45, 7) is 15.1. The van der Waals surface area contributed by atoms with E-state index in [0.717, 1.165) is 28.2 Å². The van der Waals surface area contributed by atoms with Gasteiger partial charge in [0.2, 0.25) is 0 Å². The number of hydrogen-bond acceptors (Lipinski definition) is 5. The summed E-state index contributed by atoms with van der Waals surface area (Å²) in [6.07, 6.45) is 3.02. The van der Waals surface area contributed by atoms with Crippen LogP contribution >= 0.6 is 0 Å². The van der Waals surface area contributed by atoms with Crippen molar-refractivity contribution < 1.29 is 19.1 Å². The van der Waals surface area contributed by atoms with Gasteiger partial charge < -0.3 is 14.4 Å². The predicted octanol–water partition coefficient (Wildman–Crippen LogP) is 8.13. The molecule has 0 fully saturated rings. The van der Waals surface area contributed by atoms with Crippen LogP contribution in [0.3, 0.4) is 0 Å². The number of aryl methyl sites for hydroxylation is 2. The highest BCUT2D eigenvalue weighted by atomic mass is 16.5. The number of nitrogens with zero attached hydrogens (tertiary/aromatic N) is 1. The summed E-state index contributed by atoms with van der Waals surface area (Å²) in [7, 11) is 0. The lowest BCUT2D eigenvalue weighted by Crippen LogP contribution is -2.12. The highest BCUT2D eigenvalue weighted by Crippen LogP contribution is 2.37. The molecule has 3 aromatic carbocycles. The topological polar surface area (TPSA) is 55.8 Å². The van der Waals surface area contributed by atoms with Gasteiger partial charge in [-0.05, 0) is 85.3 Å². The van der Waals surface area contributed by atoms with Gasteiger partial charge in [-0.3, -0.25) is 0 Å². The van der Waals surface area contributed by atoms with Gasteiger partial charge in [-0.25, -0.2) is 9.59 Å². The fraction of sp³-hybridized carbons (Fsp3) is 0.250. The van der Waals surface area contributed by atoms with Crippen LogP contribution in [0.2, 0.25) is 0 Å². The van der Waals surface area contributed by atoms with Crippen molar-refractivity contribution in [3.05, 3.63) is 114 Å². The molecule has 0 aliphatic carbocycles. The van der Waals surface area contributed by atoms with E-state index in [-0.39, 0.29) is 12.2 Å². The van der Waals surface area contributed by atoms with Crippen LogP contribution in [0.4, 0.5) is 17.1 Å². The Balaban J connectivity index is 2.00. The van der Waals surface area contributed by atoms with Gasteiger partial charge in [-0.15, -0.1) is 0 Å². The van der Waals surface area contributed by atoms with E-state index in [4.69, 9.17) is 9.47 Å². The molecule has 3 aromatic rings. The fourth-order valence-electron chi connectivity index (χ4n) is 4.14. The molecule has 2 unspecified atom stereocenters. The first-order valence-corrected chi connectivity index (χ1v) is 12.5. The number of ether oxygens (including phenoxy) is 2. The van der Waals surface area contributed by atoms with Crippen LogP contribution < -0.4 is 4.90 Å². The SMILES string of the molecule is C=CC(=O)OC(CC)c1ccc(N(c2ccc(C(CC)OC(=O)C=C)cc2)c2ccc(C)c(C)c2)cc1. The van der Waals surface area contributed by atoms with Crippen molar-refractivity contribution >= 4 is 29.0 Å². The number of carbonyl (C=O) groups excluding carboxylic acids is 2. The van der Waals surface area contributed by atoms with Crippen LogP contribution in [-0.4, -0.2) is 11.9 Å². The lowest BCUT2D eigenvalue weighted by Gasteiger charge is -2.27. The zero-order valence-corrected chi connectivity index (χ0v) is 22.1. The minimum Gasteiger partial charge on any atom is -0.454 e. The van der Waals surface area contributed by atoms with Crippen LogP contribution in [-0.2, 0) is 19.1 Å². The second-order valence-corrected chi connectivity index (χ2v) is 8.86. The molecule has 192 valence electrons. The van der Waals surface area contributed by atoms with Crippen LogP contribution in [0.1, 0.15) is 61.2 Å². The van der Waals surface area contributed by atoms with Crippen LogP contribution in [0.5, 0.6) is 0 Å². The summed E-state index contributed by atoms with van der Waals surface area (Å²) in [4.78, 5) is 25.7. The van der Waals surface area contributed by atoms with Gasteiger partial charge in [0, 0.05) is 29.2 Å². The molecule has 5 heteroatoms. The summed E-state index contributed by atoms with van der Waals surface area (Å²) in [5.41, 5.74) is 7.22. The number of rotatable bonds is 11. The van der Waals surface area contributed by atoms with Crippen molar-refractivity contribution in [3.8, 4) is 0 Å². The van der Waals surface area contributed by atoms with Crippen LogP contribution in [0.25, 0.3) is 0 Å². The van der Waals surface area contributed by atoms with Crippen molar-refractivity contribution in [2.75, 3.05) is 4.90 Å². The summed E-state index contributed by atoms with van der Waals surface area (Å²) < 4.78 is 11.0. The lowest BCUT2D eigenvalue weighted by molar-refractivity contribution is -0.144. The van der Waals surface area contributed by atoms with E-state index in [2.05, 4.69) is 50.1 Å². The largest absolute Gasteiger partial charge is 0.454 e. The zero-order chi connectivity index (χ0) is 26.9. The van der Waals surface area contributed by atoms with Crippen molar-refractivity contribution in [1.29, 1.82) is 0 Å². The Morgan fingerprint density at radius 2 is 1.11 bits per heavy atom. The van der Waals surface area contributed by atoms with E-state index in [0.29, 0.717) is 12.8 Å². The van der Waals surface area contributed by atoms with Gasteiger partial charge in [0.15, 0.2) is 0 Å². The molecule has 0 saturated heterocycles. The summed E-state index contributed by atoms with van der Waals surface area (Å²) in [6, 6.07) is 22.5. The number of anilines is 3. The monoisotopic (exact) mass is 497 g/mol. The maximum absolute atomic E-state index is 11.8. The molecular weight excluding hydrogens is 462 g/mol. The van der Waals surface area contributed by atoms with Gasteiger partial charge >= 0.3 is 11.9 Å². The van der Waals surface area contributed by atoms with Gasteiger partial charge in [0.25, 0.3) is 0 Å².